The number of aliphatic imine (C=N–C) groups is 1. The summed E-state index contributed by atoms with van der Waals surface area (Å²) in [6, 6.07) is 5.37. The van der Waals surface area contributed by atoms with Crippen LogP contribution < -0.4 is 0 Å². The van der Waals surface area contributed by atoms with Crippen LogP contribution in [0.3, 0.4) is 0 Å². The van der Waals surface area contributed by atoms with Gasteiger partial charge in [-0.25, -0.2) is 9.97 Å². The molecule has 0 aliphatic rings. The smallest absolute Gasteiger partial charge is 0.187 e. The normalized spacial score (nSPS) is 11.6. The molecule has 1 heterocycles. The van der Waals surface area contributed by atoms with Crippen LogP contribution in [0.2, 0.25) is 10.0 Å². The molecule has 0 N–H and O–H groups in total. The second kappa shape index (κ2) is 9.67. The first-order valence-electron chi connectivity index (χ1n) is 7.45. The number of ketones is 1. The number of carbonyl (C=O) groups excluding carboxylic acids is 1. The van der Waals surface area contributed by atoms with Gasteiger partial charge in [-0.3, -0.25) is 9.79 Å². The molecule has 0 spiro atoms. The van der Waals surface area contributed by atoms with Crippen molar-refractivity contribution in [1.29, 1.82) is 0 Å². The van der Waals surface area contributed by atoms with Gasteiger partial charge >= 0.3 is 0 Å². The van der Waals surface area contributed by atoms with Gasteiger partial charge in [0.15, 0.2) is 10.9 Å². The van der Waals surface area contributed by atoms with Crippen LogP contribution in [0.4, 0.5) is 0 Å². The Morgan fingerprint density at radius 1 is 1.28 bits per heavy atom. The highest BCUT2D eigenvalue weighted by Gasteiger charge is 2.14. The lowest BCUT2D eigenvalue weighted by atomic mass is 10.1. The number of thioether (sulfide) groups is 1. The van der Waals surface area contributed by atoms with Crippen LogP contribution >= 0.6 is 50.9 Å². The zero-order valence-corrected chi connectivity index (χ0v) is 17.6. The molecule has 25 heavy (non-hydrogen) atoms. The van der Waals surface area contributed by atoms with E-state index in [4.69, 9.17) is 23.2 Å². The van der Waals surface area contributed by atoms with E-state index in [-0.39, 0.29) is 5.78 Å². The quantitative estimate of drug-likeness (QED) is 0.223. The van der Waals surface area contributed by atoms with Gasteiger partial charge in [0, 0.05) is 33.9 Å². The summed E-state index contributed by atoms with van der Waals surface area (Å²) >= 11 is 17.0. The van der Waals surface area contributed by atoms with E-state index >= 15 is 0 Å². The van der Waals surface area contributed by atoms with Crippen molar-refractivity contribution >= 4 is 62.4 Å². The Hall–Kier alpha value is -0.950. The molecular weight excluding hydrogens is 445 g/mol. The topological polar surface area (TPSA) is 55.2 Å². The van der Waals surface area contributed by atoms with Crippen LogP contribution in [0.1, 0.15) is 35.8 Å². The molecule has 8 heteroatoms. The number of halogens is 3. The maximum atomic E-state index is 12.4. The van der Waals surface area contributed by atoms with E-state index in [1.807, 2.05) is 13.2 Å². The molecular formula is C17H16BrCl2N3OS. The van der Waals surface area contributed by atoms with Gasteiger partial charge in [0.2, 0.25) is 0 Å². The third-order valence-electron chi connectivity index (χ3n) is 3.45. The molecule has 0 aliphatic carbocycles. The monoisotopic (exact) mass is 459 g/mol. The standard InChI is InChI=1S/C17H16BrCl2N3OS/c1-10(21-8-11-13(19)4-3-5-14(11)20)6-7-15(24)16-12(18)9-22-17(23-16)25-2/h3-5,9H,6-8H2,1-2H3. The number of hydrogen-bond donors (Lipinski definition) is 0. The number of benzene rings is 1. The molecule has 2 rings (SSSR count). The summed E-state index contributed by atoms with van der Waals surface area (Å²) in [6.45, 7) is 2.28. The highest BCUT2D eigenvalue weighted by molar-refractivity contribution is 9.10. The molecule has 0 unspecified atom stereocenters. The maximum absolute atomic E-state index is 12.4. The van der Waals surface area contributed by atoms with Crippen molar-refractivity contribution in [3.63, 3.8) is 0 Å². The molecule has 0 saturated heterocycles. The minimum Gasteiger partial charge on any atom is -0.292 e. The van der Waals surface area contributed by atoms with Gasteiger partial charge in [-0.15, -0.1) is 0 Å². The highest BCUT2D eigenvalue weighted by atomic mass is 79.9. The Morgan fingerprint density at radius 2 is 1.96 bits per heavy atom. The Labute approximate surface area is 169 Å². The lowest BCUT2D eigenvalue weighted by Crippen LogP contribution is -2.07. The molecule has 0 bridgehead atoms. The SMILES string of the molecule is CSc1ncc(Br)c(C(=O)CCC(C)=NCc2c(Cl)cccc2Cl)n1. The van der Waals surface area contributed by atoms with Crippen molar-refractivity contribution in [3.8, 4) is 0 Å². The molecule has 0 saturated carbocycles. The first kappa shape index (κ1) is 20.4. The van der Waals surface area contributed by atoms with Gasteiger partial charge in [-0.1, -0.05) is 41.0 Å². The number of aromatic nitrogens is 2. The predicted octanol–water partition coefficient (Wildman–Crippen LogP) is 5.89. The van der Waals surface area contributed by atoms with E-state index in [1.165, 1.54) is 11.8 Å². The fraction of sp³-hybridized carbons (Fsp3) is 0.294. The van der Waals surface area contributed by atoms with Gasteiger partial charge < -0.3 is 0 Å². The Balaban J connectivity index is 1.99. The lowest BCUT2D eigenvalue weighted by Gasteiger charge is -2.06. The second-order valence-electron chi connectivity index (χ2n) is 5.23. The molecule has 1 aromatic carbocycles. The van der Waals surface area contributed by atoms with E-state index in [2.05, 4.69) is 30.9 Å². The summed E-state index contributed by atoms with van der Waals surface area (Å²) in [5, 5.41) is 1.76. The van der Waals surface area contributed by atoms with Gasteiger partial charge in [-0.05, 0) is 47.7 Å². The molecule has 2 aromatic rings. The van der Waals surface area contributed by atoms with Crippen molar-refractivity contribution in [1.82, 2.24) is 9.97 Å². The highest BCUT2D eigenvalue weighted by Crippen LogP contribution is 2.25. The average molecular weight is 461 g/mol. The van der Waals surface area contributed by atoms with E-state index in [1.54, 1.807) is 24.4 Å². The van der Waals surface area contributed by atoms with Crippen molar-refractivity contribution in [2.75, 3.05) is 6.26 Å². The van der Waals surface area contributed by atoms with Crippen LogP contribution in [0.5, 0.6) is 0 Å². The van der Waals surface area contributed by atoms with Crippen LogP contribution in [0, 0.1) is 0 Å². The molecule has 0 radical (unpaired) electrons. The van der Waals surface area contributed by atoms with Gasteiger partial charge in [0.25, 0.3) is 0 Å². The number of rotatable bonds is 7. The van der Waals surface area contributed by atoms with E-state index < -0.39 is 0 Å². The number of Topliss-reactive ketones (excluding diaryl/α,β-unsaturated/α-hetero) is 1. The third-order valence-corrected chi connectivity index (χ3v) is 5.30. The number of carbonyl (C=O) groups is 1. The number of nitrogens with zero attached hydrogens (tertiary/aromatic N) is 3. The molecule has 4 nitrogen and oxygen atoms in total. The average Bonchev–Trinajstić information content (AvgIpc) is 2.59. The summed E-state index contributed by atoms with van der Waals surface area (Å²) in [5.41, 5.74) is 2.06. The summed E-state index contributed by atoms with van der Waals surface area (Å²) in [4.78, 5) is 25.3. The zero-order chi connectivity index (χ0) is 18.4. The molecule has 0 aliphatic heterocycles. The molecule has 0 fully saturated rings. The zero-order valence-electron chi connectivity index (χ0n) is 13.7. The predicted molar refractivity (Wildman–Crippen MR) is 108 cm³/mol. The van der Waals surface area contributed by atoms with E-state index in [0.29, 0.717) is 44.8 Å². The van der Waals surface area contributed by atoms with E-state index in [9.17, 15) is 4.79 Å². The molecule has 0 amide bonds. The lowest BCUT2D eigenvalue weighted by molar-refractivity contribution is 0.0978. The molecule has 0 atom stereocenters. The van der Waals surface area contributed by atoms with Crippen LogP contribution in [0.15, 0.2) is 39.0 Å². The summed E-state index contributed by atoms with van der Waals surface area (Å²) in [5.74, 6) is -0.0464. The Morgan fingerprint density at radius 3 is 2.60 bits per heavy atom. The largest absolute Gasteiger partial charge is 0.292 e. The van der Waals surface area contributed by atoms with Crippen LogP contribution in [-0.2, 0) is 6.54 Å². The van der Waals surface area contributed by atoms with Crippen molar-refractivity contribution in [2.45, 2.75) is 31.5 Å². The van der Waals surface area contributed by atoms with Gasteiger partial charge in [0.1, 0.15) is 5.69 Å². The number of hydrogen-bond acceptors (Lipinski definition) is 5. The van der Waals surface area contributed by atoms with Crippen LogP contribution in [-0.4, -0.2) is 27.7 Å². The van der Waals surface area contributed by atoms with Crippen molar-refractivity contribution in [2.24, 2.45) is 4.99 Å². The summed E-state index contributed by atoms with van der Waals surface area (Å²) in [6.07, 6.45) is 4.35. The van der Waals surface area contributed by atoms with Gasteiger partial charge in [-0.2, -0.15) is 0 Å². The molecule has 1 aromatic heterocycles. The van der Waals surface area contributed by atoms with E-state index in [0.717, 1.165) is 11.3 Å². The van der Waals surface area contributed by atoms with Crippen LogP contribution in [0.25, 0.3) is 0 Å². The second-order valence-corrected chi connectivity index (χ2v) is 7.67. The fourth-order valence-corrected chi connectivity index (χ4v) is 3.30. The van der Waals surface area contributed by atoms with Gasteiger partial charge in [0.05, 0.1) is 11.0 Å². The minimum atomic E-state index is -0.0464. The Kier molecular flexibility index (Phi) is 7.87. The minimum absolute atomic E-state index is 0.0464. The van der Waals surface area contributed by atoms with Crippen molar-refractivity contribution < 1.29 is 4.79 Å². The summed E-state index contributed by atoms with van der Waals surface area (Å²) < 4.78 is 0.604. The molecule has 132 valence electrons. The van der Waals surface area contributed by atoms with Crippen molar-refractivity contribution in [3.05, 3.63) is 50.2 Å². The third kappa shape index (κ3) is 5.78. The summed E-state index contributed by atoms with van der Waals surface area (Å²) in [7, 11) is 0. The first-order valence-corrected chi connectivity index (χ1v) is 10.2. The first-order chi connectivity index (χ1) is 11.9. The fourth-order valence-electron chi connectivity index (χ4n) is 2.03. The Bertz CT molecular complexity index is 794. The maximum Gasteiger partial charge on any atom is 0.187 e.